The third-order valence-electron chi connectivity index (χ3n) is 4.31. The topological polar surface area (TPSA) is 123 Å². The summed E-state index contributed by atoms with van der Waals surface area (Å²) in [4.78, 5) is 44.0. The number of H-pyrrole nitrogens is 1. The van der Waals surface area contributed by atoms with E-state index in [9.17, 15) is 14.0 Å². The Labute approximate surface area is 163 Å². The average Bonchev–Trinajstić information content (AvgIpc) is 3.17. The monoisotopic (exact) mass is 394 g/mol. The Hall–Kier alpha value is -3.95. The second kappa shape index (κ2) is 7.23. The number of esters is 1. The molecule has 0 aliphatic rings. The van der Waals surface area contributed by atoms with Gasteiger partial charge in [0.25, 0.3) is 5.91 Å². The van der Waals surface area contributed by atoms with Crippen LogP contribution in [0.15, 0.2) is 36.9 Å². The molecule has 1 unspecified atom stereocenters. The average molecular weight is 394 g/mol. The smallest absolute Gasteiger partial charge is 0.340 e. The largest absolute Gasteiger partial charge is 0.449 e. The Balaban J connectivity index is 1.51. The zero-order chi connectivity index (χ0) is 20.5. The van der Waals surface area contributed by atoms with Crippen LogP contribution in [0.2, 0.25) is 0 Å². The molecule has 10 heteroatoms. The molecule has 0 spiro atoms. The number of benzene rings is 1. The van der Waals surface area contributed by atoms with Crippen LogP contribution < -0.4 is 5.32 Å². The highest BCUT2D eigenvalue weighted by Crippen LogP contribution is 2.19. The van der Waals surface area contributed by atoms with Crippen LogP contribution >= 0.6 is 0 Å². The molecule has 4 aromatic rings. The number of halogens is 1. The number of imidazole rings is 1. The van der Waals surface area contributed by atoms with Crippen molar-refractivity contribution in [1.82, 2.24) is 24.9 Å². The molecule has 29 heavy (non-hydrogen) atoms. The van der Waals surface area contributed by atoms with E-state index in [2.05, 4.69) is 30.2 Å². The van der Waals surface area contributed by atoms with Crippen molar-refractivity contribution in [3.8, 4) is 0 Å². The molecule has 0 radical (unpaired) electrons. The summed E-state index contributed by atoms with van der Waals surface area (Å²) in [6, 6.07) is 5.64. The summed E-state index contributed by atoms with van der Waals surface area (Å²) >= 11 is 0. The third-order valence-corrected chi connectivity index (χ3v) is 4.31. The summed E-state index contributed by atoms with van der Waals surface area (Å²) in [5.41, 5.74) is 1.85. The maximum Gasteiger partial charge on any atom is 0.340 e. The Morgan fingerprint density at radius 3 is 2.86 bits per heavy atom. The third kappa shape index (κ3) is 3.59. The van der Waals surface area contributed by atoms with Crippen LogP contribution in [0.1, 0.15) is 23.0 Å². The van der Waals surface area contributed by atoms with Crippen LogP contribution in [-0.4, -0.2) is 42.9 Å². The highest BCUT2D eigenvalue weighted by molar-refractivity contribution is 6.01. The van der Waals surface area contributed by atoms with Crippen LogP contribution in [0.5, 0.6) is 0 Å². The van der Waals surface area contributed by atoms with Gasteiger partial charge in [-0.15, -0.1) is 0 Å². The van der Waals surface area contributed by atoms with Crippen molar-refractivity contribution in [3.63, 3.8) is 0 Å². The number of anilines is 1. The fourth-order valence-corrected chi connectivity index (χ4v) is 2.80. The number of fused-ring (bicyclic) bond motifs is 2. The Morgan fingerprint density at radius 2 is 2.03 bits per heavy atom. The normalized spacial score (nSPS) is 12.1. The summed E-state index contributed by atoms with van der Waals surface area (Å²) in [7, 11) is 0. The van der Waals surface area contributed by atoms with Gasteiger partial charge in [0.15, 0.2) is 17.6 Å². The van der Waals surface area contributed by atoms with Crippen molar-refractivity contribution >= 4 is 39.8 Å². The second-order valence-corrected chi connectivity index (χ2v) is 6.32. The van der Waals surface area contributed by atoms with Gasteiger partial charge < -0.3 is 15.0 Å². The molecule has 146 valence electrons. The lowest BCUT2D eigenvalue weighted by molar-refractivity contribution is -0.123. The molecular formula is C19H15FN6O3. The fourth-order valence-electron chi connectivity index (χ4n) is 2.80. The van der Waals surface area contributed by atoms with E-state index in [-0.39, 0.29) is 11.4 Å². The van der Waals surface area contributed by atoms with E-state index in [1.807, 2.05) is 0 Å². The number of carbonyl (C=O) groups is 2. The summed E-state index contributed by atoms with van der Waals surface area (Å²) in [6.45, 7) is 3.05. The number of nitrogens with one attached hydrogen (secondary N) is 2. The van der Waals surface area contributed by atoms with Crippen molar-refractivity contribution in [2.75, 3.05) is 5.32 Å². The lowest BCUT2D eigenvalue weighted by Gasteiger charge is -2.14. The Bertz CT molecular complexity index is 1260. The number of nitrogens with zero attached hydrogens (tertiary/aromatic N) is 4. The molecule has 0 aliphatic heterocycles. The summed E-state index contributed by atoms with van der Waals surface area (Å²) in [6.07, 6.45) is 1.60. The predicted octanol–water partition coefficient (Wildman–Crippen LogP) is 2.53. The maximum atomic E-state index is 13.4. The van der Waals surface area contributed by atoms with Gasteiger partial charge in [-0.2, -0.15) is 0 Å². The first-order chi connectivity index (χ1) is 13.9. The Morgan fingerprint density at radius 1 is 1.21 bits per heavy atom. The van der Waals surface area contributed by atoms with Crippen molar-refractivity contribution in [1.29, 1.82) is 0 Å². The number of ether oxygens (including phenoxy) is 1. The molecule has 1 atom stereocenters. The molecule has 3 aromatic heterocycles. The van der Waals surface area contributed by atoms with Crippen LogP contribution in [0.25, 0.3) is 22.1 Å². The molecule has 3 heterocycles. The number of aryl methyl sites for hydroxylation is 1. The zero-order valence-corrected chi connectivity index (χ0v) is 15.4. The van der Waals surface area contributed by atoms with E-state index in [1.54, 1.807) is 13.0 Å². The van der Waals surface area contributed by atoms with Crippen molar-refractivity contribution in [2.24, 2.45) is 0 Å². The van der Waals surface area contributed by atoms with Crippen molar-refractivity contribution in [2.45, 2.75) is 20.0 Å². The fraction of sp³-hybridized carbons (Fsp3) is 0.158. The quantitative estimate of drug-likeness (QED) is 0.510. The standard InChI is InChI=1S/C19H15FN6O3/c1-9-13(5-11-3-4-12(20)6-14(11)25-9)19(28)29-10(2)18(27)26-17-15-16(22-7-21-15)23-8-24-17/h3-8,10H,1-2H3,(H2,21,22,23,24,26,27). The van der Waals surface area contributed by atoms with Crippen LogP contribution in [-0.2, 0) is 9.53 Å². The SMILES string of the molecule is Cc1nc2cc(F)ccc2cc1C(=O)OC(C)C(=O)Nc1ncnc2nc[nH]c12. The van der Waals surface area contributed by atoms with Crippen LogP contribution in [0.3, 0.4) is 0 Å². The molecule has 0 saturated carbocycles. The molecule has 2 N–H and O–H groups in total. The van der Waals surface area contributed by atoms with Crippen molar-refractivity contribution in [3.05, 3.63) is 54.0 Å². The molecule has 4 rings (SSSR count). The number of pyridine rings is 1. The number of aromatic amines is 1. The first kappa shape index (κ1) is 18.4. The summed E-state index contributed by atoms with van der Waals surface area (Å²) < 4.78 is 18.6. The van der Waals surface area contributed by atoms with Gasteiger partial charge in [0.05, 0.1) is 23.1 Å². The molecule has 0 fully saturated rings. The Kier molecular flexibility index (Phi) is 4.59. The van der Waals surface area contributed by atoms with E-state index < -0.39 is 23.8 Å². The highest BCUT2D eigenvalue weighted by Gasteiger charge is 2.22. The molecule has 0 aliphatic carbocycles. The predicted molar refractivity (Wildman–Crippen MR) is 102 cm³/mol. The summed E-state index contributed by atoms with van der Waals surface area (Å²) in [5, 5.41) is 3.17. The van der Waals surface area contributed by atoms with Crippen LogP contribution in [0, 0.1) is 12.7 Å². The van der Waals surface area contributed by atoms with E-state index in [4.69, 9.17) is 4.74 Å². The maximum absolute atomic E-state index is 13.4. The molecule has 1 amide bonds. The van der Waals surface area contributed by atoms with E-state index in [0.29, 0.717) is 27.8 Å². The second-order valence-electron chi connectivity index (χ2n) is 6.32. The molecule has 9 nitrogen and oxygen atoms in total. The molecular weight excluding hydrogens is 379 g/mol. The van der Waals surface area contributed by atoms with Gasteiger partial charge in [0.1, 0.15) is 17.7 Å². The van der Waals surface area contributed by atoms with Crippen LogP contribution in [0.4, 0.5) is 10.2 Å². The number of carbonyl (C=O) groups excluding carboxylic acids is 2. The lowest BCUT2D eigenvalue weighted by atomic mass is 10.1. The van der Waals surface area contributed by atoms with E-state index in [0.717, 1.165) is 0 Å². The van der Waals surface area contributed by atoms with E-state index in [1.165, 1.54) is 37.8 Å². The highest BCUT2D eigenvalue weighted by atomic mass is 19.1. The first-order valence-electron chi connectivity index (χ1n) is 8.65. The number of aromatic nitrogens is 5. The van der Waals surface area contributed by atoms with Gasteiger partial charge in [0, 0.05) is 11.5 Å². The van der Waals surface area contributed by atoms with Gasteiger partial charge in [-0.05, 0) is 32.0 Å². The van der Waals surface area contributed by atoms with Gasteiger partial charge in [-0.1, -0.05) is 0 Å². The minimum atomic E-state index is -1.10. The molecule has 1 aromatic carbocycles. The number of hydrogen-bond donors (Lipinski definition) is 2. The van der Waals surface area contributed by atoms with Gasteiger partial charge in [0.2, 0.25) is 0 Å². The van der Waals surface area contributed by atoms with Gasteiger partial charge in [-0.25, -0.2) is 24.1 Å². The van der Waals surface area contributed by atoms with Gasteiger partial charge in [-0.3, -0.25) is 9.78 Å². The number of amides is 1. The zero-order valence-electron chi connectivity index (χ0n) is 15.4. The molecule has 0 saturated heterocycles. The minimum Gasteiger partial charge on any atom is -0.449 e. The first-order valence-corrected chi connectivity index (χ1v) is 8.65. The summed E-state index contributed by atoms with van der Waals surface area (Å²) in [5.74, 6) is -1.47. The van der Waals surface area contributed by atoms with Crippen molar-refractivity contribution < 1.29 is 18.7 Å². The number of rotatable bonds is 4. The van der Waals surface area contributed by atoms with E-state index >= 15 is 0 Å². The molecule has 0 bridgehead atoms. The lowest BCUT2D eigenvalue weighted by Crippen LogP contribution is -2.30. The number of hydrogen-bond acceptors (Lipinski definition) is 7. The minimum absolute atomic E-state index is 0.196. The van der Waals surface area contributed by atoms with Gasteiger partial charge >= 0.3 is 5.97 Å².